The number of hydrogen-bond acceptors (Lipinski definition) is 3. The van der Waals surface area contributed by atoms with Gasteiger partial charge < -0.3 is 16.0 Å². The second kappa shape index (κ2) is 8.00. The van der Waals surface area contributed by atoms with E-state index in [2.05, 4.69) is 16.0 Å². The van der Waals surface area contributed by atoms with Crippen molar-refractivity contribution in [1.29, 1.82) is 0 Å². The van der Waals surface area contributed by atoms with Gasteiger partial charge in [0.2, 0.25) is 11.8 Å². The summed E-state index contributed by atoms with van der Waals surface area (Å²) < 4.78 is 0. The van der Waals surface area contributed by atoms with Crippen LogP contribution < -0.4 is 20.9 Å². The minimum absolute atomic E-state index is 0.0180. The molecule has 3 rings (SSSR count). The van der Waals surface area contributed by atoms with Crippen LogP contribution in [0.2, 0.25) is 0 Å². The predicted octanol–water partition coefficient (Wildman–Crippen LogP) is 1.99. The van der Waals surface area contributed by atoms with Gasteiger partial charge in [-0.1, -0.05) is 18.6 Å². The van der Waals surface area contributed by atoms with Gasteiger partial charge in [-0.05, 0) is 37.8 Å². The molecule has 0 saturated heterocycles. The normalized spacial score (nSPS) is 16.0. The number of unbranched alkanes of at least 4 members (excludes halogenated alkanes) is 2. The third-order valence-electron chi connectivity index (χ3n) is 4.32. The van der Waals surface area contributed by atoms with Crippen molar-refractivity contribution in [3.8, 4) is 0 Å². The second-order valence-corrected chi connectivity index (χ2v) is 6.54. The molecule has 0 atom stereocenters. The number of nitrogens with zero attached hydrogens (tertiary/aromatic N) is 1. The average Bonchev–Trinajstić information content (AvgIpc) is 3.40. The lowest BCUT2D eigenvalue weighted by Crippen LogP contribution is -2.47. The van der Waals surface area contributed by atoms with Gasteiger partial charge in [-0.2, -0.15) is 0 Å². The molecule has 0 radical (unpaired) electrons. The quantitative estimate of drug-likeness (QED) is 0.661. The monoisotopic (exact) mass is 344 g/mol. The molecule has 1 aliphatic heterocycles. The Morgan fingerprint density at radius 2 is 1.96 bits per heavy atom. The number of anilines is 2. The number of amides is 4. The van der Waals surface area contributed by atoms with Crippen LogP contribution >= 0.6 is 0 Å². The maximum atomic E-state index is 12.3. The van der Waals surface area contributed by atoms with Crippen LogP contribution in [0.3, 0.4) is 0 Å². The molecule has 1 aromatic rings. The van der Waals surface area contributed by atoms with Gasteiger partial charge in [-0.15, -0.1) is 0 Å². The third-order valence-corrected chi connectivity index (χ3v) is 4.32. The van der Waals surface area contributed by atoms with Crippen molar-refractivity contribution in [2.24, 2.45) is 0 Å². The molecular formula is C18H24N4O3. The number of hydrogen-bond donors (Lipinski definition) is 3. The first kappa shape index (κ1) is 17.3. The summed E-state index contributed by atoms with van der Waals surface area (Å²) >= 11 is 0. The lowest BCUT2D eigenvalue weighted by Gasteiger charge is -2.29. The molecule has 0 spiro atoms. The summed E-state index contributed by atoms with van der Waals surface area (Å²) in [6, 6.07) is 7.39. The van der Waals surface area contributed by atoms with Crippen molar-refractivity contribution in [2.75, 3.05) is 23.3 Å². The summed E-state index contributed by atoms with van der Waals surface area (Å²) in [5.74, 6) is -0.0713. The van der Waals surface area contributed by atoms with Crippen LogP contribution in [0.15, 0.2) is 24.3 Å². The fourth-order valence-electron chi connectivity index (χ4n) is 2.82. The van der Waals surface area contributed by atoms with E-state index in [1.807, 2.05) is 18.2 Å². The first-order valence-electron chi connectivity index (χ1n) is 8.87. The van der Waals surface area contributed by atoms with E-state index in [-0.39, 0.29) is 24.4 Å². The highest BCUT2D eigenvalue weighted by atomic mass is 16.2. The van der Waals surface area contributed by atoms with E-state index in [0.717, 1.165) is 32.1 Å². The van der Waals surface area contributed by atoms with Crippen LogP contribution in [0.25, 0.3) is 0 Å². The van der Waals surface area contributed by atoms with Crippen molar-refractivity contribution < 1.29 is 14.4 Å². The van der Waals surface area contributed by atoms with E-state index in [9.17, 15) is 14.4 Å². The lowest BCUT2D eigenvalue weighted by atomic mass is 10.2. The standard InChI is InChI=1S/C18H24N4O3/c23-16(20-13-9-10-13)8-2-1-5-11-19-18(25)22-12-17(24)21-14-6-3-4-7-15(14)22/h3-4,6-7,13H,1-2,5,8-12H2,(H,19,25)(H,20,23)(H,21,24). The molecule has 7 nitrogen and oxygen atoms in total. The number of carbonyl (C=O) groups is 3. The molecule has 1 fully saturated rings. The lowest BCUT2D eigenvalue weighted by molar-refractivity contribution is -0.121. The molecule has 1 aliphatic carbocycles. The highest BCUT2D eigenvalue weighted by molar-refractivity contribution is 6.09. The third kappa shape index (κ3) is 4.95. The Morgan fingerprint density at radius 1 is 1.16 bits per heavy atom. The molecule has 1 saturated carbocycles. The van der Waals surface area contributed by atoms with Gasteiger partial charge in [-0.25, -0.2) is 4.79 Å². The zero-order valence-electron chi connectivity index (χ0n) is 14.2. The van der Waals surface area contributed by atoms with Crippen LogP contribution in [-0.2, 0) is 9.59 Å². The summed E-state index contributed by atoms with van der Waals surface area (Å²) in [4.78, 5) is 37.1. The average molecular weight is 344 g/mol. The minimum Gasteiger partial charge on any atom is -0.353 e. The van der Waals surface area contributed by atoms with Crippen molar-refractivity contribution in [3.05, 3.63) is 24.3 Å². The highest BCUT2D eigenvalue weighted by Crippen LogP contribution is 2.28. The molecule has 25 heavy (non-hydrogen) atoms. The zero-order valence-corrected chi connectivity index (χ0v) is 14.2. The van der Waals surface area contributed by atoms with Gasteiger partial charge in [0.1, 0.15) is 6.54 Å². The Labute approximate surface area is 147 Å². The molecule has 2 aliphatic rings. The van der Waals surface area contributed by atoms with Gasteiger partial charge in [0.15, 0.2) is 0 Å². The van der Waals surface area contributed by atoms with Gasteiger partial charge in [0.25, 0.3) is 0 Å². The van der Waals surface area contributed by atoms with Gasteiger partial charge in [-0.3, -0.25) is 14.5 Å². The molecule has 3 N–H and O–H groups in total. The van der Waals surface area contributed by atoms with Gasteiger partial charge in [0.05, 0.1) is 11.4 Å². The summed E-state index contributed by atoms with van der Waals surface area (Å²) in [5, 5.41) is 8.58. The maximum Gasteiger partial charge on any atom is 0.322 e. The number of fused-ring (bicyclic) bond motifs is 1. The SMILES string of the molecule is O=C1CN(C(=O)NCCCCCC(=O)NC2CC2)c2ccccc2N1. The first-order chi connectivity index (χ1) is 12.1. The Bertz CT molecular complexity index is 657. The van der Waals surface area contributed by atoms with E-state index in [1.165, 1.54) is 4.90 Å². The summed E-state index contributed by atoms with van der Waals surface area (Å²) in [7, 11) is 0. The fourth-order valence-corrected chi connectivity index (χ4v) is 2.82. The number of nitrogens with one attached hydrogen (secondary N) is 3. The van der Waals surface area contributed by atoms with E-state index in [0.29, 0.717) is 30.4 Å². The maximum absolute atomic E-state index is 12.3. The smallest absolute Gasteiger partial charge is 0.322 e. The van der Waals surface area contributed by atoms with Crippen LogP contribution in [0.4, 0.5) is 16.2 Å². The van der Waals surface area contributed by atoms with Gasteiger partial charge in [0, 0.05) is 19.0 Å². The Kier molecular flexibility index (Phi) is 5.53. The van der Waals surface area contributed by atoms with E-state index in [4.69, 9.17) is 0 Å². The topological polar surface area (TPSA) is 90.5 Å². The fraction of sp³-hybridized carbons (Fsp3) is 0.500. The largest absolute Gasteiger partial charge is 0.353 e. The van der Waals surface area contributed by atoms with Crippen LogP contribution in [0.5, 0.6) is 0 Å². The minimum atomic E-state index is -0.270. The number of para-hydroxylation sites is 2. The highest BCUT2D eigenvalue weighted by Gasteiger charge is 2.26. The zero-order chi connectivity index (χ0) is 17.6. The molecule has 134 valence electrons. The van der Waals surface area contributed by atoms with Crippen LogP contribution in [0, 0.1) is 0 Å². The molecule has 1 heterocycles. The molecule has 0 aromatic heterocycles. The summed E-state index contributed by atoms with van der Waals surface area (Å²) in [6.45, 7) is 0.549. The first-order valence-corrected chi connectivity index (χ1v) is 8.87. The predicted molar refractivity (Wildman–Crippen MR) is 95.4 cm³/mol. The Hall–Kier alpha value is -2.57. The summed E-state index contributed by atoms with van der Waals surface area (Å²) in [5.41, 5.74) is 1.35. The molecule has 4 amide bonds. The molecule has 0 bridgehead atoms. The molecule has 0 unspecified atom stereocenters. The number of rotatable bonds is 7. The molecule has 1 aromatic carbocycles. The van der Waals surface area contributed by atoms with E-state index >= 15 is 0 Å². The number of carbonyl (C=O) groups excluding carboxylic acids is 3. The van der Waals surface area contributed by atoms with Crippen molar-refractivity contribution in [2.45, 2.75) is 44.6 Å². The Balaban J connectivity index is 1.36. The summed E-state index contributed by atoms with van der Waals surface area (Å²) in [6.07, 6.45) is 5.28. The van der Waals surface area contributed by atoms with Crippen LogP contribution in [-0.4, -0.2) is 37.0 Å². The van der Waals surface area contributed by atoms with Crippen molar-refractivity contribution >= 4 is 29.2 Å². The molecule has 7 heteroatoms. The second-order valence-electron chi connectivity index (χ2n) is 6.54. The van der Waals surface area contributed by atoms with Crippen molar-refractivity contribution in [1.82, 2.24) is 10.6 Å². The molecular weight excluding hydrogens is 320 g/mol. The van der Waals surface area contributed by atoms with E-state index in [1.54, 1.807) is 6.07 Å². The Morgan fingerprint density at radius 3 is 2.76 bits per heavy atom. The van der Waals surface area contributed by atoms with Crippen molar-refractivity contribution in [3.63, 3.8) is 0 Å². The van der Waals surface area contributed by atoms with Gasteiger partial charge >= 0.3 is 6.03 Å². The number of benzene rings is 1. The van der Waals surface area contributed by atoms with Crippen LogP contribution in [0.1, 0.15) is 38.5 Å². The van der Waals surface area contributed by atoms with E-state index < -0.39 is 0 Å². The number of urea groups is 1.